The SMILES string of the molecule is CCNC(=O)[C@H]1O[C@@H](n2cnc3c(N)nc(NCCc4ccc(CCC(=O)NCCNC(=S)Nc5cc(N=C=S)cc(C(N)=O)c5)cc4)nc32)[C@H](O)[C@@H]1O. The Labute approximate surface area is 320 Å². The van der Waals surface area contributed by atoms with Crippen molar-refractivity contribution in [3.8, 4) is 0 Å². The number of benzene rings is 2. The minimum Gasteiger partial charge on any atom is -0.387 e. The number of aliphatic hydroxyl groups is 2. The third-order valence-electron chi connectivity index (χ3n) is 8.30. The molecule has 4 aromatic rings. The summed E-state index contributed by atoms with van der Waals surface area (Å²) in [6.07, 6.45) is -2.38. The summed E-state index contributed by atoms with van der Waals surface area (Å²) in [4.78, 5) is 53.3. The molecule has 1 aliphatic rings. The number of nitrogens with zero attached hydrogens (tertiary/aromatic N) is 5. The van der Waals surface area contributed by atoms with Crippen LogP contribution in [0.15, 0.2) is 53.8 Å². The minimum absolute atomic E-state index is 0.106. The number of nitrogens with two attached hydrogens (primary N) is 2. The number of aliphatic imine (C=N–C) groups is 1. The van der Waals surface area contributed by atoms with Crippen LogP contribution < -0.4 is 38.1 Å². The Balaban J connectivity index is 1.04. The standard InChI is InChI=1S/C34H40N12O6S2/c1-2-37-31(51)27-25(48)26(49)32(52-27)46-16-41-24-28(35)44-33(45-30(24)46)39-10-9-19-5-3-18(4-6-19)7-8-23(47)38-11-12-40-34(54)43-22-14-20(29(36)50)13-21(15-22)42-17-53/h3-6,13-16,25-27,32,48-49H,2,7-12H2,1H3,(H2,36,50)(H,37,51)(H,38,47)(H2,40,43,54)(H3,35,39,44,45)/t25-,26+,27-,32+/m0/s1. The molecule has 0 aliphatic carbocycles. The van der Waals surface area contributed by atoms with Crippen molar-refractivity contribution in [2.75, 3.05) is 42.5 Å². The first-order valence-corrected chi connectivity index (χ1v) is 17.7. The zero-order valence-electron chi connectivity index (χ0n) is 29.1. The smallest absolute Gasteiger partial charge is 0.252 e. The van der Waals surface area contributed by atoms with Gasteiger partial charge in [0, 0.05) is 43.9 Å². The number of isothiocyanates is 1. The Hall–Kier alpha value is -5.63. The topological polar surface area (TPSA) is 269 Å². The molecule has 3 amide bonds. The van der Waals surface area contributed by atoms with Gasteiger partial charge in [-0.1, -0.05) is 24.3 Å². The van der Waals surface area contributed by atoms with E-state index in [1.165, 1.54) is 23.0 Å². The van der Waals surface area contributed by atoms with Gasteiger partial charge in [-0.25, -0.2) is 4.98 Å². The molecule has 18 nitrogen and oxygen atoms in total. The fourth-order valence-electron chi connectivity index (χ4n) is 5.62. The second kappa shape index (κ2) is 18.4. The normalized spacial score (nSPS) is 17.7. The van der Waals surface area contributed by atoms with Crippen LogP contribution in [-0.2, 0) is 27.2 Å². The van der Waals surface area contributed by atoms with E-state index in [2.05, 4.69) is 63.9 Å². The minimum atomic E-state index is -1.45. The van der Waals surface area contributed by atoms with Crippen LogP contribution in [0, 0.1) is 0 Å². The number of nitrogen functional groups attached to an aromatic ring is 1. The molecule has 0 saturated carbocycles. The molecular weight excluding hydrogens is 737 g/mol. The first kappa shape index (κ1) is 39.6. The van der Waals surface area contributed by atoms with Crippen LogP contribution in [0.4, 0.5) is 23.1 Å². The van der Waals surface area contributed by atoms with E-state index >= 15 is 0 Å². The summed E-state index contributed by atoms with van der Waals surface area (Å²) >= 11 is 9.94. The Kier molecular flexibility index (Phi) is 13.5. The Bertz CT molecular complexity index is 2040. The van der Waals surface area contributed by atoms with E-state index in [0.29, 0.717) is 56.8 Å². The molecule has 0 unspecified atom stereocenters. The van der Waals surface area contributed by atoms with Crippen molar-refractivity contribution in [3.63, 3.8) is 0 Å². The number of nitrogens with one attached hydrogen (secondary N) is 5. The molecule has 284 valence electrons. The number of carbonyl (C=O) groups is 3. The average Bonchev–Trinajstić information content (AvgIpc) is 3.70. The molecular formula is C34H40N12O6S2. The average molecular weight is 777 g/mol. The number of anilines is 3. The summed E-state index contributed by atoms with van der Waals surface area (Å²) < 4.78 is 7.13. The maximum Gasteiger partial charge on any atom is 0.252 e. The second-order valence-corrected chi connectivity index (χ2v) is 12.7. The van der Waals surface area contributed by atoms with E-state index in [1.807, 2.05) is 24.3 Å². The van der Waals surface area contributed by atoms with E-state index in [-0.39, 0.29) is 39.5 Å². The molecule has 0 radical (unpaired) electrons. The lowest BCUT2D eigenvalue weighted by Gasteiger charge is -2.16. The molecule has 5 rings (SSSR count). The van der Waals surface area contributed by atoms with Crippen LogP contribution in [0.5, 0.6) is 0 Å². The number of aromatic nitrogens is 4. The fraction of sp³-hybridized carbons (Fsp3) is 0.353. The molecule has 0 bridgehead atoms. The van der Waals surface area contributed by atoms with Gasteiger partial charge in [0.15, 0.2) is 28.9 Å². The third-order valence-corrected chi connectivity index (χ3v) is 8.64. The molecule has 1 fully saturated rings. The number of amides is 3. The van der Waals surface area contributed by atoms with Crippen molar-refractivity contribution in [1.29, 1.82) is 0 Å². The van der Waals surface area contributed by atoms with Crippen LogP contribution in [0.2, 0.25) is 0 Å². The van der Waals surface area contributed by atoms with Gasteiger partial charge in [-0.3, -0.25) is 19.0 Å². The zero-order chi connectivity index (χ0) is 38.8. The summed E-state index contributed by atoms with van der Waals surface area (Å²) in [5, 5.41) is 38.2. The molecule has 54 heavy (non-hydrogen) atoms. The van der Waals surface area contributed by atoms with E-state index in [4.69, 9.17) is 28.4 Å². The molecule has 2 aromatic carbocycles. The van der Waals surface area contributed by atoms with Crippen LogP contribution >= 0.6 is 24.4 Å². The molecule has 1 aliphatic heterocycles. The lowest BCUT2D eigenvalue weighted by atomic mass is 10.1. The molecule has 3 heterocycles. The number of aryl methyl sites for hydroxylation is 1. The quantitative estimate of drug-likeness (QED) is 0.0430. The Morgan fingerprint density at radius 1 is 1.00 bits per heavy atom. The van der Waals surface area contributed by atoms with Gasteiger partial charge in [0.05, 0.1) is 17.2 Å². The summed E-state index contributed by atoms with van der Waals surface area (Å²) in [6, 6.07) is 12.6. The summed E-state index contributed by atoms with van der Waals surface area (Å²) in [7, 11) is 0. The summed E-state index contributed by atoms with van der Waals surface area (Å²) in [5.41, 5.74) is 15.3. The van der Waals surface area contributed by atoms with Gasteiger partial charge in [0.25, 0.3) is 5.91 Å². The molecule has 0 spiro atoms. The van der Waals surface area contributed by atoms with Crippen molar-refractivity contribution < 1.29 is 29.3 Å². The lowest BCUT2D eigenvalue weighted by Crippen LogP contribution is -2.42. The number of rotatable bonds is 16. The zero-order valence-corrected chi connectivity index (χ0v) is 30.7. The van der Waals surface area contributed by atoms with Gasteiger partial charge in [0.1, 0.15) is 17.7 Å². The number of hydrogen-bond donors (Lipinski definition) is 9. The van der Waals surface area contributed by atoms with Crippen LogP contribution in [0.3, 0.4) is 0 Å². The van der Waals surface area contributed by atoms with E-state index in [9.17, 15) is 24.6 Å². The Morgan fingerprint density at radius 2 is 1.72 bits per heavy atom. The number of thiocarbonyl (C=S) groups is 2. The van der Waals surface area contributed by atoms with Crippen LogP contribution in [0.25, 0.3) is 11.2 Å². The fourth-order valence-corrected chi connectivity index (χ4v) is 5.94. The van der Waals surface area contributed by atoms with E-state index in [0.717, 1.165) is 11.1 Å². The van der Waals surface area contributed by atoms with E-state index < -0.39 is 36.4 Å². The highest BCUT2D eigenvalue weighted by molar-refractivity contribution is 7.80. The maximum atomic E-state index is 12.4. The highest BCUT2D eigenvalue weighted by atomic mass is 32.1. The predicted octanol–water partition coefficient (Wildman–Crippen LogP) is 0.687. The van der Waals surface area contributed by atoms with Crippen molar-refractivity contribution in [3.05, 3.63) is 65.5 Å². The Morgan fingerprint density at radius 3 is 2.43 bits per heavy atom. The van der Waals surface area contributed by atoms with Crippen molar-refractivity contribution >= 4 is 86.7 Å². The van der Waals surface area contributed by atoms with Gasteiger partial charge in [0.2, 0.25) is 17.8 Å². The number of hydrogen-bond acceptors (Lipinski definition) is 14. The number of carbonyl (C=O) groups excluding carboxylic acids is 3. The number of ether oxygens (including phenoxy) is 1. The molecule has 20 heteroatoms. The van der Waals surface area contributed by atoms with Crippen LogP contribution in [0.1, 0.15) is 41.1 Å². The summed E-state index contributed by atoms with van der Waals surface area (Å²) in [5.74, 6) is -0.929. The maximum absolute atomic E-state index is 12.4. The van der Waals surface area contributed by atoms with Gasteiger partial charge in [-0.2, -0.15) is 15.0 Å². The number of aliphatic hydroxyl groups excluding tert-OH is 2. The van der Waals surface area contributed by atoms with Gasteiger partial charge in [-0.05, 0) is 73.5 Å². The first-order chi connectivity index (χ1) is 26.0. The van der Waals surface area contributed by atoms with Crippen LogP contribution in [-0.4, -0.2) is 102 Å². The molecule has 1 saturated heterocycles. The number of likely N-dealkylation sites (N-methyl/N-ethyl adjacent to an activating group) is 1. The number of fused-ring (bicyclic) bond motifs is 1. The molecule has 2 aromatic heterocycles. The van der Waals surface area contributed by atoms with E-state index in [1.54, 1.807) is 13.0 Å². The van der Waals surface area contributed by atoms with Gasteiger partial charge < -0.3 is 53.0 Å². The summed E-state index contributed by atoms with van der Waals surface area (Å²) in [6.45, 7) is 3.26. The van der Waals surface area contributed by atoms with Gasteiger partial charge >= 0.3 is 0 Å². The van der Waals surface area contributed by atoms with Crippen molar-refractivity contribution in [1.82, 2.24) is 35.5 Å². The third kappa shape index (κ3) is 10.1. The highest BCUT2D eigenvalue weighted by Gasteiger charge is 2.47. The monoisotopic (exact) mass is 776 g/mol. The van der Waals surface area contributed by atoms with Gasteiger partial charge in [-0.15, -0.1) is 0 Å². The second-order valence-electron chi connectivity index (χ2n) is 12.1. The number of imidazole rings is 1. The largest absolute Gasteiger partial charge is 0.387 e. The molecule has 4 atom stereocenters. The van der Waals surface area contributed by atoms with Crippen molar-refractivity contribution in [2.45, 2.75) is 50.7 Å². The first-order valence-electron chi connectivity index (χ1n) is 16.9. The number of primary amides is 1. The molecule has 11 N–H and O–H groups in total. The predicted molar refractivity (Wildman–Crippen MR) is 208 cm³/mol. The van der Waals surface area contributed by atoms with Crippen molar-refractivity contribution in [2.24, 2.45) is 10.7 Å². The highest BCUT2D eigenvalue weighted by Crippen LogP contribution is 2.32. The lowest BCUT2D eigenvalue weighted by molar-refractivity contribution is -0.137.